The van der Waals surface area contributed by atoms with Crippen LogP contribution in [-0.2, 0) is 0 Å². The third-order valence-electron chi connectivity index (χ3n) is 3.25. The van der Waals surface area contributed by atoms with Crippen LogP contribution in [0.3, 0.4) is 0 Å². The van der Waals surface area contributed by atoms with E-state index in [0.29, 0.717) is 16.4 Å². The van der Waals surface area contributed by atoms with E-state index in [1.54, 1.807) is 18.5 Å². The molecule has 2 aromatic carbocycles. The van der Waals surface area contributed by atoms with Crippen LogP contribution in [-0.4, -0.2) is 10.7 Å². The molecule has 0 aliphatic heterocycles. The van der Waals surface area contributed by atoms with Gasteiger partial charge in [-0.25, -0.2) is 4.99 Å². The summed E-state index contributed by atoms with van der Waals surface area (Å²) in [5.74, 6) is 0. The molecule has 0 radical (unpaired) electrons. The molecule has 0 amide bonds. The molecule has 2 N–H and O–H groups in total. The van der Waals surface area contributed by atoms with Gasteiger partial charge in [-0.15, -0.1) is 0 Å². The topological polar surface area (TPSA) is 51.3 Å². The molecule has 108 valence electrons. The van der Waals surface area contributed by atoms with Crippen LogP contribution >= 0.6 is 11.6 Å². The zero-order chi connectivity index (χ0) is 15.4. The van der Waals surface area contributed by atoms with Crippen LogP contribution in [0.25, 0.3) is 0 Å². The van der Waals surface area contributed by atoms with E-state index < -0.39 is 0 Å². The molecule has 0 bridgehead atoms. The number of rotatable bonds is 3. The molecule has 0 aliphatic carbocycles. The van der Waals surface area contributed by atoms with Crippen LogP contribution in [0.4, 0.5) is 11.4 Å². The zero-order valence-electron chi connectivity index (χ0n) is 11.8. The maximum Gasteiger partial charge on any atom is 0.0854 e. The predicted molar refractivity (Wildman–Crippen MR) is 91.8 cm³/mol. The standard InChI is InChI=1S/C18H14ClN3/c19-15-12-21-11-10-17(15)22-18(13-6-2-1-3-7-13)14-8-4-5-9-16(14)20/h1-12H,20H2. The summed E-state index contributed by atoms with van der Waals surface area (Å²) in [6.45, 7) is 0. The van der Waals surface area contributed by atoms with Gasteiger partial charge >= 0.3 is 0 Å². The van der Waals surface area contributed by atoms with Gasteiger partial charge in [-0.3, -0.25) is 4.98 Å². The molecule has 3 nitrogen and oxygen atoms in total. The number of halogens is 1. The van der Waals surface area contributed by atoms with Crippen molar-refractivity contribution in [1.82, 2.24) is 4.98 Å². The van der Waals surface area contributed by atoms with E-state index in [4.69, 9.17) is 22.3 Å². The van der Waals surface area contributed by atoms with Crippen LogP contribution in [0.2, 0.25) is 5.02 Å². The quantitative estimate of drug-likeness (QED) is 0.572. The van der Waals surface area contributed by atoms with Crippen LogP contribution in [0.15, 0.2) is 78.0 Å². The van der Waals surface area contributed by atoms with E-state index in [1.807, 2.05) is 54.6 Å². The first-order valence-electron chi connectivity index (χ1n) is 6.84. The third-order valence-corrected chi connectivity index (χ3v) is 3.54. The van der Waals surface area contributed by atoms with Crippen molar-refractivity contribution in [1.29, 1.82) is 0 Å². The second kappa shape index (κ2) is 6.41. The Balaban J connectivity index is 2.21. The van der Waals surface area contributed by atoms with Crippen molar-refractivity contribution in [2.75, 3.05) is 5.73 Å². The SMILES string of the molecule is Nc1ccccc1C(=Nc1ccncc1Cl)c1ccccc1. The van der Waals surface area contributed by atoms with E-state index in [0.717, 1.165) is 16.8 Å². The van der Waals surface area contributed by atoms with Gasteiger partial charge in [-0.1, -0.05) is 60.1 Å². The van der Waals surface area contributed by atoms with Gasteiger partial charge in [0, 0.05) is 29.2 Å². The molecule has 0 saturated carbocycles. The molecule has 22 heavy (non-hydrogen) atoms. The Hall–Kier alpha value is -2.65. The van der Waals surface area contributed by atoms with Gasteiger partial charge < -0.3 is 5.73 Å². The maximum absolute atomic E-state index is 6.18. The Morgan fingerprint density at radius 1 is 0.955 bits per heavy atom. The molecule has 0 saturated heterocycles. The van der Waals surface area contributed by atoms with E-state index in [9.17, 15) is 0 Å². The summed E-state index contributed by atoms with van der Waals surface area (Å²) in [6, 6.07) is 19.4. The summed E-state index contributed by atoms with van der Waals surface area (Å²) in [5, 5.41) is 0.505. The number of pyridine rings is 1. The van der Waals surface area contributed by atoms with Crippen molar-refractivity contribution in [2.24, 2.45) is 4.99 Å². The van der Waals surface area contributed by atoms with Gasteiger partial charge in [0.05, 0.1) is 16.4 Å². The number of anilines is 1. The summed E-state index contributed by atoms with van der Waals surface area (Å²) < 4.78 is 0. The predicted octanol–water partition coefficient (Wildman–Crippen LogP) is 4.49. The molecular formula is C18H14ClN3. The highest BCUT2D eigenvalue weighted by molar-refractivity contribution is 6.33. The highest BCUT2D eigenvalue weighted by Crippen LogP contribution is 2.26. The molecule has 1 aromatic heterocycles. The Morgan fingerprint density at radius 2 is 1.68 bits per heavy atom. The minimum Gasteiger partial charge on any atom is -0.398 e. The number of hydrogen-bond acceptors (Lipinski definition) is 3. The number of aromatic nitrogens is 1. The number of nitrogens with two attached hydrogens (primary N) is 1. The van der Waals surface area contributed by atoms with E-state index in [2.05, 4.69) is 4.98 Å². The molecule has 0 spiro atoms. The lowest BCUT2D eigenvalue weighted by molar-refractivity contribution is 1.31. The molecule has 4 heteroatoms. The number of aliphatic imine (C=N–C) groups is 1. The fourth-order valence-corrected chi connectivity index (χ4v) is 2.33. The third kappa shape index (κ3) is 3.00. The molecule has 0 aliphatic rings. The van der Waals surface area contributed by atoms with Crippen molar-refractivity contribution in [3.63, 3.8) is 0 Å². The fourth-order valence-electron chi connectivity index (χ4n) is 2.17. The van der Waals surface area contributed by atoms with Crippen LogP contribution < -0.4 is 5.73 Å². The summed E-state index contributed by atoms with van der Waals surface area (Å²) in [7, 11) is 0. The molecule has 0 unspecified atom stereocenters. The Labute approximate surface area is 134 Å². The lowest BCUT2D eigenvalue weighted by atomic mass is 10.0. The first kappa shape index (κ1) is 14.3. The number of nitrogens with zero attached hydrogens (tertiary/aromatic N) is 2. The Morgan fingerprint density at radius 3 is 2.41 bits per heavy atom. The van der Waals surface area contributed by atoms with Crippen LogP contribution in [0, 0.1) is 0 Å². The second-order valence-electron chi connectivity index (χ2n) is 4.74. The normalized spacial score (nSPS) is 11.4. The number of hydrogen-bond donors (Lipinski definition) is 1. The molecule has 3 aromatic rings. The molecular weight excluding hydrogens is 294 g/mol. The molecule has 0 fully saturated rings. The molecule has 1 heterocycles. The van der Waals surface area contributed by atoms with Crippen molar-refractivity contribution < 1.29 is 0 Å². The Bertz CT molecular complexity index is 813. The van der Waals surface area contributed by atoms with E-state index in [1.165, 1.54) is 0 Å². The fraction of sp³-hybridized carbons (Fsp3) is 0. The second-order valence-corrected chi connectivity index (χ2v) is 5.15. The summed E-state index contributed by atoms with van der Waals surface area (Å²) >= 11 is 6.18. The van der Waals surface area contributed by atoms with Gasteiger partial charge in [-0.2, -0.15) is 0 Å². The average molecular weight is 308 g/mol. The van der Waals surface area contributed by atoms with Gasteiger partial charge in [0.1, 0.15) is 0 Å². The largest absolute Gasteiger partial charge is 0.398 e. The minimum atomic E-state index is 0.505. The molecule has 0 atom stereocenters. The first-order valence-corrected chi connectivity index (χ1v) is 7.22. The van der Waals surface area contributed by atoms with Gasteiger partial charge in [0.15, 0.2) is 0 Å². The summed E-state index contributed by atoms with van der Waals surface area (Å²) in [6.07, 6.45) is 3.25. The van der Waals surface area contributed by atoms with Crippen LogP contribution in [0.5, 0.6) is 0 Å². The van der Waals surface area contributed by atoms with Gasteiger partial charge in [0.25, 0.3) is 0 Å². The first-order chi connectivity index (χ1) is 10.8. The monoisotopic (exact) mass is 307 g/mol. The highest BCUT2D eigenvalue weighted by atomic mass is 35.5. The summed E-state index contributed by atoms with van der Waals surface area (Å²) in [5.41, 5.74) is 10.1. The zero-order valence-corrected chi connectivity index (χ0v) is 12.5. The van der Waals surface area contributed by atoms with Gasteiger partial charge in [0.2, 0.25) is 0 Å². The number of para-hydroxylation sites is 1. The van der Waals surface area contributed by atoms with Gasteiger partial charge in [-0.05, 0) is 12.1 Å². The molecule has 3 rings (SSSR count). The number of benzene rings is 2. The number of nitrogen functional groups attached to an aromatic ring is 1. The minimum absolute atomic E-state index is 0.505. The highest BCUT2D eigenvalue weighted by Gasteiger charge is 2.11. The van der Waals surface area contributed by atoms with Crippen molar-refractivity contribution in [2.45, 2.75) is 0 Å². The van der Waals surface area contributed by atoms with Crippen molar-refractivity contribution in [3.05, 3.63) is 89.2 Å². The summed E-state index contributed by atoms with van der Waals surface area (Å²) in [4.78, 5) is 8.71. The lowest BCUT2D eigenvalue weighted by Gasteiger charge is -2.10. The Kier molecular flexibility index (Phi) is 4.17. The van der Waals surface area contributed by atoms with Crippen molar-refractivity contribution in [3.8, 4) is 0 Å². The van der Waals surface area contributed by atoms with Crippen molar-refractivity contribution >= 4 is 28.7 Å². The van der Waals surface area contributed by atoms with Crippen LogP contribution in [0.1, 0.15) is 11.1 Å². The lowest BCUT2D eigenvalue weighted by Crippen LogP contribution is -2.06. The maximum atomic E-state index is 6.18. The smallest absolute Gasteiger partial charge is 0.0854 e. The average Bonchev–Trinajstić information content (AvgIpc) is 2.56. The van der Waals surface area contributed by atoms with E-state index >= 15 is 0 Å². The van der Waals surface area contributed by atoms with E-state index in [-0.39, 0.29) is 0 Å².